The number of hydrogen-bond donors (Lipinski definition) is 4. The van der Waals surface area contributed by atoms with Crippen molar-refractivity contribution in [1.29, 1.82) is 5.41 Å². The van der Waals surface area contributed by atoms with E-state index >= 15 is 0 Å². The Labute approximate surface area is 210 Å². The van der Waals surface area contributed by atoms with Gasteiger partial charge in [-0.3, -0.25) is 10.4 Å². The van der Waals surface area contributed by atoms with Crippen molar-refractivity contribution in [3.8, 4) is 0 Å². The SMILES string of the molecule is N=C1C=C2C(C=C1N)N=C1C=C(Nc3ccccc3)C(Nc3ccccc3)=CC1N2c1ccccc1. The number of allylic oxidation sites excluding steroid dienone is 1. The van der Waals surface area contributed by atoms with Gasteiger partial charge in [0.05, 0.1) is 34.6 Å². The minimum Gasteiger partial charge on any atom is -0.397 e. The molecule has 6 nitrogen and oxygen atoms in total. The number of anilines is 3. The van der Waals surface area contributed by atoms with Crippen molar-refractivity contribution in [2.75, 3.05) is 15.5 Å². The second kappa shape index (κ2) is 9.07. The van der Waals surface area contributed by atoms with Crippen LogP contribution in [-0.4, -0.2) is 23.5 Å². The highest BCUT2D eigenvalue weighted by molar-refractivity contribution is 6.11. The number of hydrogen-bond acceptors (Lipinski definition) is 6. The lowest BCUT2D eigenvalue weighted by atomic mass is 9.91. The monoisotopic (exact) mass is 470 g/mol. The third-order valence-electron chi connectivity index (χ3n) is 6.44. The molecule has 5 N–H and O–H groups in total. The molecule has 0 fully saturated rings. The highest BCUT2D eigenvalue weighted by Gasteiger charge is 2.37. The minimum absolute atomic E-state index is 0.150. The van der Waals surface area contributed by atoms with Crippen LogP contribution in [0.25, 0.3) is 0 Å². The number of nitrogens with two attached hydrogens (primary N) is 1. The molecule has 3 aromatic rings. The summed E-state index contributed by atoms with van der Waals surface area (Å²) < 4.78 is 0. The number of para-hydroxylation sites is 3. The van der Waals surface area contributed by atoms with E-state index in [2.05, 4.69) is 52.0 Å². The molecule has 2 aliphatic carbocycles. The van der Waals surface area contributed by atoms with Crippen molar-refractivity contribution in [3.05, 3.63) is 138 Å². The number of nitrogens with one attached hydrogen (secondary N) is 3. The maximum Gasteiger partial charge on any atom is 0.111 e. The first-order valence-corrected chi connectivity index (χ1v) is 11.9. The first-order chi connectivity index (χ1) is 17.7. The molecule has 0 saturated carbocycles. The van der Waals surface area contributed by atoms with Crippen LogP contribution in [0, 0.1) is 5.41 Å². The van der Waals surface area contributed by atoms with Gasteiger partial charge in [-0.25, -0.2) is 0 Å². The Hall–Kier alpha value is -4.84. The fourth-order valence-corrected chi connectivity index (χ4v) is 4.73. The fourth-order valence-electron chi connectivity index (χ4n) is 4.73. The van der Waals surface area contributed by atoms with Crippen molar-refractivity contribution < 1.29 is 0 Å². The van der Waals surface area contributed by atoms with E-state index in [0.717, 1.165) is 39.9 Å². The van der Waals surface area contributed by atoms with Crippen LogP contribution in [0.2, 0.25) is 0 Å². The van der Waals surface area contributed by atoms with Gasteiger partial charge in [-0.1, -0.05) is 54.6 Å². The molecular formula is C30H26N6. The van der Waals surface area contributed by atoms with Crippen LogP contribution < -0.4 is 21.3 Å². The Bertz CT molecular complexity index is 1450. The fraction of sp³-hybridized carbons (Fsp3) is 0.0667. The summed E-state index contributed by atoms with van der Waals surface area (Å²) in [7, 11) is 0. The zero-order valence-electron chi connectivity index (χ0n) is 19.6. The lowest BCUT2D eigenvalue weighted by molar-refractivity contribution is 0.767. The summed E-state index contributed by atoms with van der Waals surface area (Å²) in [5.74, 6) is 0. The minimum atomic E-state index is -0.253. The largest absolute Gasteiger partial charge is 0.397 e. The van der Waals surface area contributed by atoms with E-state index in [4.69, 9.17) is 16.1 Å². The highest BCUT2D eigenvalue weighted by atomic mass is 15.2. The summed E-state index contributed by atoms with van der Waals surface area (Å²) in [6.07, 6.45) is 8.02. The van der Waals surface area contributed by atoms with Gasteiger partial charge in [0, 0.05) is 22.8 Å². The summed E-state index contributed by atoms with van der Waals surface area (Å²) in [6.45, 7) is 0. The van der Waals surface area contributed by atoms with E-state index in [1.807, 2.05) is 78.9 Å². The zero-order valence-corrected chi connectivity index (χ0v) is 19.6. The van der Waals surface area contributed by atoms with Crippen molar-refractivity contribution in [2.45, 2.75) is 12.1 Å². The predicted molar refractivity (Wildman–Crippen MR) is 148 cm³/mol. The van der Waals surface area contributed by atoms with Gasteiger partial charge < -0.3 is 21.3 Å². The number of nitrogens with zero attached hydrogens (tertiary/aromatic N) is 2. The van der Waals surface area contributed by atoms with Gasteiger partial charge in [0.15, 0.2) is 0 Å². The second-order valence-electron chi connectivity index (χ2n) is 8.87. The van der Waals surface area contributed by atoms with Crippen molar-refractivity contribution in [2.24, 2.45) is 10.7 Å². The lowest BCUT2D eigenvalue weighted by Gasteiger charge is -2.43. The molecule has 36 heavy (non-hydrogen) atoms. The number of aliphatic imine (C=N–C) groups is 1. The Morgan fingerprint density at radius 3 is 1.94 bits per heavy atom. The first-order valence-electron chi connectivity index (χ1n) is 11.9. The summed E-state index contributed by atoms with van der Waals surface area (Å²) in [5, 5.41) is 15.5. The maximum absolute atomic E-state index is 8.35. The zero-order chi connectivity index (χ0) is 24.5. The molecule has 3 aromatic carbocycles. The van der Waals surface area contributed by atoms with Gasteiger partial charge >= 0.3 is 0 Å². The van der Waals surface area contributed by atoms with Crippen LogP contribution in [0.4, 0.5) is 17.1 Å². The smallest absolute Gasteiger partial charge is 0.111 e. The maximum atomic E-state index is 8.35. The van der Waals surface area contributed by atoms with E-state index < -0.39 is 0 Å². The van der Waals surface area contributed by atoms with Crippen LogP contribution >= 0.6 is 0 Å². The number of benzene rings is 3. The molecule has 2 unspecified atom stereocenters. The molecular weight excluding hydrogens is 444 g/mol. The van der Waals surface area contributed by atoms with Crippen molar-refractivity contribution in [1.82, 2.24) is 0 Å². The molecule has 1 aliphatic heterocycles. The predicted octanol–water partition coefficient (Wildman–Crippen LogP) is 5.45. The Morgan fingerprint density at radius 2 is 1.31 bits per heavy atom. The molecule has 0 bridgehead atoms. The van der Waals surface area contributed by atoms with Gasteiger partial charge in [0.1, 0.15) is 6.04 Å². The van der Waals surface area contributed by atoms with Crippen molar-refractivity contribution >= 4 is 28.5 Å². The quantitative estimate of drug-likeness (QED) is 0.399. The van der Waals surface area contributed by atoms with Gasteiger partial charge in [-0.2, -0.15) is 0 Å². The number of rotatable bonds is 5. The van der Waals surface area contributed by atoms with Crippen LogP contribution in [0.15, 0.2) is 143 Å². The molecule has 0 spiro atoms. The van der Waals surface area contributed by atoms with E-state index in [1.165, 1.54) is 0 Å². The van der Waals surface area contributed by atoms with Gasteiger partial charge in [-0.15, -0.1) is 0 Å². The van der Waals surface area contributed by atoms with Gasteiger partial charge in [-0.05, 0) is 60.7 Å². The molecule has 6 rings (SSSR count). The third kappa shape index (κ3) is 4.09. The summed E-state index contributed by atoms with van der Waals surface area (Å²) in [4.78, 5) is 7.34. The van der Waals surface area contributed by atoms with Crippen LogP contribution in [0.1, 0.15) is 0 Å². The Morgan fingerprint density at radius 1 is 0.722 bits per heavy atom. The highest BCUT2D eigenvalue weighted by Crippen LogP contribution is 2.36. The van der Waals surface area contributed by atoms with Crippen molar-refractivity contribution in [3.63, 3.8) is 0 Å². The molecule has 0 aromatic heterocycles. The Balaban J connectivity index is 1.48. The average Bonchev–Trinajstić information content (AvgIpc) is 2.91. The molecule has 2 atom stereocenters. The van der Waals surface area contributed by atoms with E-state index in [0.29, 0.717) is 11.4 Å². The number of fused-ring (bicyclic) bond motifs is 2. The van der Waals surface area contributed by atoms with E-state index in [9.17, 15) is 0 Å². The molecule has 0 saturated heterocycles. The van der Waals surface area contributed by atoms with Gasteiger partial charge in [0.25, 0.3) is 0 Å². The lowest BCUT2D eigenvalue weighted by Crippen LogP contribution is -2.49. The second-order valence-corrected chi connectivity index (χ2v) is 8.87. The van der Waals surface area contributed by atoms with Crippen LogP contribution in [0.3, 0.4) is 0 Å². The summed E-state index contributed by atoms with van der Waals surface area (Å²) >= 11 is 0. The van der Waals surface area contributed by atoms with Gasteiger partial charge in [0.2, 0.25) is 0 Å². The summed E-state index contributed by atoms with van der Waals surface area (Å²) in [6, 6.07) is 30.1. The van der Waals surface area contributed by atoms with Crippen LogP contribution in [0.5, 0.6) is 0 Å². The van der Waals surface area contributed by atoms with E-state index in [1.54, 1.807) is 0 Å². The normalized spacial score (nSPS) is 20.6. The summed E-state index contributed by atoms with van der Waals surface area (Å²) in [5.41, 5.74) is 13.7. The molecule has 1 heterocycles. The standard InChI is InChI=1S/C30H26N6/c31-23-16-27-29(17-24(23)32)36(22-14-8-3-9-15-22)30-19-26(34-21-12-6-2-7-13-21)25(18-28(30)35-27)33-20-10-4-1-5-11-20/h1-19,27,30,32-34H,31H2. The molecule has 0 radical (unpaired) electrons. The molecule has 3 aliphatic rings. The average molecular weight is 471 g/mol. The molecule has 0 amide bonds. The molecule has 6 heteroatoms. The van der Waals surface area contributed by atoms with E-state index in [-0.39, 0.29) is 12.1 Å². The molecule has 176 valence electrons. The van der Waals surface area contributed by atoms with Crippen LogP contribution in [-0.2, 0) is 0 Å². The third-order valence-corrected chi connectivity index (χ3v) is 6.44. The Kier molecular flexibility index (Phi) is 5.46. The topological polar surface area (TPSA) is 89.5 Å². The first kappa shape index (κ1) is 21.7.